The maximum absolute atomic E-state index is 6.23. The van der Waals surface area contributed by atoms with Crippen molar-refractivity contribution in [1.29, 1.82) is 0 Å². The van der Waals surface area contributed by atoms with Gasteiger partial charge in [-0.3, -0.25) is 0 Å². The average Bonchev–Trinajstić information content (AvgIpc) is 2.85. The predicted octanol–water partition coefficient (Wildman–Crippen LogP) is 4.63. The van der Waals surface area contributed by atoms with E-state index in [-0.39, 0.29) is 0 Å². The molecule has 0 aliphatic carbocycles. The fraction of sp³-hybridized carbons (Fsp3) is 0.0625. The van der Waals surface area contributed by atoms with Gasteiger partial charge in [-0.1, -0.05) is 35.4 Å². The Kier molecular flexibility index (Phi) is 3.89. The van der Waals surface area contributed by atoms with E-state index in [4.69, 9.17) is 41.2 Å². The van der Waals surface area contributed by atoms with Crippen molar-refractivity contribution in [3.8, 4) is 0 Å². The largest absolute Gasteiger partial charge is 0.389 e. The number of rotatable bonds is 3. The molecule has 0 saturated carbocycles. The van der Waals surface area contributed by atoms with Crippen LogP contribution in [0.2, 0.25) is 10.0 Å². The first kappa shape index (κ1) is 14.4. The number of halogens is 2. The van der Waals surface area contributed by atoms with E-state index in [0.29, 0.717) is 21.6 Å². The molecule has 0 atom stereocenters. The maximum atomic E-state index is 6.23. The van der Waals surface area contributed by atoms with E-state index in [9.17, 15) is 0 Å². The molecular weight excluding hydrogens is 323 g/mol. The van der Waals surface area contributed by atoms with Crippen molar-refractivity contribution >= 4 is 51.3 Å². The lowest BCUT2D eigenvalue weighted by molar-refractivity contribution is 0.837. The predicted molar refractivity (Wildman–Crippen MR) is 93.4 cm³/mol. The van der Waals surface area contributed by atoms with Crippen LogP contribution in [0.4, 0.5) is 0 Å². The van der Waals surface area contributed by atoms with Crippen molar-refractivity contribution in [3.05, 3.63) is 69.8 Å². The molecule has 0 amide bonds. The standard InChI is InChI=1S/C16H12Cl2N2S/c17-13-2-3-14(18)12(8-13)9-20-6-5-10-7-11(16(19)21)1-4-15(10)20/h1-8H,9H2,(H2,19,21). The number of nitrogens with two attached hydrogens (primary N) is 1. The molecule has 21 heavy (non-hydrogen) atoms. The third kappa shape index (κ3) is 2.91. The SMILES string of the molecule is NC(=S)c1ccc2c(ccn2Cc2cc(Cl)ccc2Cl)c1. The van der Waals surface area contributed by atoms with Crippen LogP contribution in [0.5, 0.6) is 0 Å². The number of hydrogen-bond acceptors (Lipinski definition) is 1. The molecule has 0 spiro atoms. The minimum absolute atomic E-state index is 0.405. The van der Waals surface area contributed by atoms with Crippen LogP contribution < -0.4 is 5.73 Å². The van der Waals surface area contributed by atoms with Crippen LogP contribution in [0.1, 0.15) is 11.1 Å². The number of benzene rings is 2. The summed E-state index contributed by atoms with van der Waals surface area (Å²) in [5, 5.41) is 2.49. The third-order valence-electron chi connectivity index (χ3n) is 3.40. The second-order valence-corrected chi connectivity index (χ2v) is 6.10. The van der Waals surface area contributed by atoms with Gasteiger partial charge in [-0.25, -0.2) is 0 Å². The molecule has 1 aromatic heterocycles. The molecule has 0 bridgehead atoms. The molecule has 2 aromatic carbocycles. The monoisotopic (exact) mass is 334 g/mol. The molecular formula is C16H12Cl2N2S. The maximum Gasteiger partial charge on any atom is 0.104 e. The quantitative estimate of drug-likeness (QED) is 0.708. The molecule has 0 unspecified atom stereocenters. The van der Waals surface area contributed by atoms with Crippen molar-refractivity contribution in [2.75, 3.05) is 0 Å². The smallest absolute Gasteiger partial charge is 0.104 e. The lowest BCUT2D eigenvalue weighted by Crippen LogP contribution is -2.08. The zero-order valence-corrected chi connectivity index (χ0v) is 13.3. The van der Waals surface area contributed by atoms with Gasteiger partial charge in [0, 0.05) is 39.3 Å². The van der Waals surface area contributed by atoms with E-state index in [2.05, 4.69) is 4.57 Å². The molecule has 0 fully saturated rings. The number of fused-ring (bicyclic) bond motifs is 1. The zero-order valence-electron chi connectivity index (χ0n) is 11.0. The van der Waals surface area contributed by atoms with Gasteiger partial charge in [-0.05, 0) is 48.0 Å². The lowest BCUT2D eigenvalue weighted by atomic mass is 10.1. The Morgan fingerprint density at radius 3 is 2.67 bits per heavy atom. The van der Waals surface area contributed by atoms with E-state index in [1.807, 2.05) is 42.6 Å². The molecule has 0 saturated heterocycles. The molecule has 3 aromatic rings. The molecule has 0 aliphatic heterocycles. The Hall–Kier alpha value is -1.55. The number of aromatic nitrogens is 1. The van der Waals surface area contributed by atoms with Crippen LogP contribution in [-0.2, 0) is 6.54 Å². The van der Waals surface area contributed by atoms with Gasteiger partial charge in [0.1, 0.15) is 4.99 Å². The molecule has 5 heteroatoms. The van der Waals surface area contributed by atoms with E-state index in [0.717, 1.165) is 22.0 Å². The van der Waals surface area contributed by atoms with E-state index in [1.54, 1.807) is 6.07 Å². The highest BCUT2D eigenvalue weighted by Gasteiger charge is 2.07. The highest BCUT2D eigenvalue weighted by Crippen LogP contribution is 2.24. The highest BCUT2D eigenvalue weighted by atomic mass is 35.5. The summed E-state index contributed by atoms with van der Waals surface area (Å²) in [5.74, 6) is 0. The van der Waals surface area contributed by atoms with Gasteiger partial charge in [0.25, 0.3) is 0 Å². The van der Waals surface area contributed by atoms with Crippen LogP contribution >= 0.6 is 35.4 Å². The molecule has 0 radical (unpaired) electrons. The Morgan fingerprint density at radius 2 is 1.90 bits per heavy atom. The van der Waals surface area contributed by atoms with Crippen LogP contribution in [0, 0.1) is 0 Å². The normalized spacial score (nSPS) is 11.0. The fourth-order valence-electron chi connectivity index (χ4n) is 2.34. The van der Waals surface area contributed by atoms with E-state index in [1.165, 1.54) is 0 Å². The first-order chi connectivity index (χ1) is 10.0. The molecule has 1 heterocycles. The Bertz CT molecular complexity index is 839. The minimum Gasteiger partial charge on any atom is -0.389 e. The molecule has 106 valence electrons. The van der Waals surface area contributed by atoms with Crippen molar-refractivity contribution in [2.24, 2.45) is 5.73 Å². The molecule has 2 N–H and O–H groups in total. The van der Waals surface area contributed by atoms with E-state index >= 15 is 0 Å². The van der Waals surface area contributed by atoms with Crippen molar-refractivity contribution < 1.29 is 0 Å². The van der Waals surface area contributed by atoms with Gasteiger partial charge in [-0.2, -0.15) is 0 Å². The first-order valence-electron chi connectivity index (χ1n) is 6.37. The first-order valence-corrected chi connectivity index (χ1v) is 7.53. The Morgan fingerprint density at radius 1 is 1.10 bits per heavy atom. The summed E-state index contributed by atoms with van der Waals surface area (Å²) in [7, 11) is 0. The Labute approximate surface area is 138 Å². The summed E-state index contributed by atoms with van der Waals surface area (Å²) in [5.41, 5.74) is 8.62. The number of thiocarbonyl (C=S) groups is 1. The summed E-state index contributed by atoms with van der Waals surface area (Å²) in [4.78, 5) is 0.405. The van der Waals surface area contributed by atoms with Crippen molar-refractivity contribution in [2.45, 2.75) is 6.54 Å². The van der Waals surface area contributed by atoms with Crippen LogP contribution in [-0.4, -0.2) is 9.56 Å². The van der Waals surface area contributed by atoms with Crippen LogP contribution in [0.25, 0.3) is 10.9 Å². The number of hydrogen-bond donors (Lipinski definition) is 1. The third-order valence-corrected chi connectivity index (χ3v) is 4.24. The number of nitrogens with zero attached hydrogens (tertiary/aromatic N) is 1. The summed E-state index contributed by atoms with van der Waals surface area (Å²) < 4.78 is 2.12. The van der Waals surface area contributed by atoms with Crippen LogP contribution in [0.15, 0.2) is 48.7 Å². The van der Waals surface area contributed by atoms with Gasteiger partial charge in [0.2, 0.25) is 0 Å². The molecule has 0 aliphatic rings. The second-order valence-electron chi connectivity index (χ2n) is 4.82. The Balaban J connectivity index is 2.01. The van der Waals surface area contributed by atoms with Gasteiger partial charge in [0.05, 0.1) is 0 Å². The topological polar surface area (TPSA) is 30.9 Å². The second kappa shape index (κ2) is 5.68. The fourth-order valence-corrected chi connectivity index (χ4v) is 2.84. The summed E-state index contributed by atoms with van der Waals surface area (Å²) >= 11 is 17.3. The summed E-state index contributed by atoms with van der Waals surface area (Å²) in [6.07, 6.45) is 2.02. The van der Waals surface area contributed by atoms with Gasteiger partial charge in [-0.15, -0.1) is 0 Å². The summed E-state index contributed by atoms with van der Waals surface area (Å²) in [6, 6.07) is 13.5. The highest BCUT2D eigenvalue weighted by molar-refractivity contribution is 7.80. The lowest BCUT2D eigenvalue weighted by Gasteiger charge is -2.08. The van der Waals surface area contributed by atoms with Gasteiger partial charge >= 0.3 is 0 Å². The summed E-state index contributed by atoms with van der Waals surface area (Å²) in [6.45, 7) is 0.662. The van der Waals surface area contributed by atoms with Crippen molar-refractivity contribution in [3.63, 3.8) is 0 Å². The average molecular weight is 335 g/mol. The van der Waals surface area contributed by atoms with Crippen LogP contribution in [0.3, 0.4) is 0 Å². The molecule has 2 nitrogen and oxygen atoms in total. The van der Waals surface area contributed by atoms with Gasteiger partial charge in [0.15, 0.2) is 0 Å². The van der Waals surface area contributed by atoms with Crippen molar-refractivity contribution in [1.82, 2.24) is 4.57 Å². The molecule has 3 rings (SSSR count). The minimum atomic E-state index is 0.405. The van der Waals surface area contributed by atoms with E-state index < -0.39 is 0 Å². The zero-order chi connectivity index (χ0) is 15.0. The van der Waals surface area contributed by atoms with Gasteiger partial charge < -0.3 is 10.3 Å².